The molecule has 1 heterocycles. The lowest BCUT2D eigenvalue weighted by molar-refractivity contribution is -0.313. The van der Waals surface area contributed by atoms with Crippen molar-refractivity contribution in [1.29, 1.82) is 0 Å². The zero-order chi connectivity index (χ0) is 17.1. The topological polar surface area (TPSA) is 82.1 Å². The highest BCUT2D eigenvalue weighted by Gasteiger charge is 2.29. The third-order valence-corrected chi connectivity index (χ3v) is 4.91. The molecular weight excluding hydrogens is 324 g/mol. The zero-order valence-corrected chi connectivity index (χ0v) is 14.0. The first kappa shape index (κ1) is 16.4. The van der Waals surface area contributed by atoms with Crippen molar-refractivity contribution in [3.63, 3.8) is 0 Å². The molecule has 2 aromatic rings. The van der Waals surface area contributed by atoms with E-state index in [1.807, 2.05) is 30.5 Å². The standard InChI is InChI=1S/C18H18N2O3S/c1-11-19-16(10-24-11)12-6-8-13(9-7-12)20-17(21)14-4-2-3-5-15(14)18(22)23/h2-3,6-10,14-15H,4-5H2,1H3,(H,20,21)(H,22,23)/p-1/t14-,15+/m0/s1. The van der Waals surface area contributed by atoms with E-state index >= 15 is 0 Å². The predicted molar refractivity (Wildman–Crippen MR) is 91.3 cm³/mol. The number of carboxylic acid groups (broad SMARTS) is 1. The highest BCUT2D eigenvalue weighted by Crippen LogP contribution is 2.27. The third kappa shape index (κ3) is 3.54. The Labute approximate surface area is 144 Å². The van der Waals surface area contributed by atoms with Crippen LogP contribution in [-0.4, -0.2) is 16.9 Å². The number of thiazole rings is 1. The number of aliphatic carboxylic acids is 1. The van der Waals surface area contributed by atoms with Gasteiger partial charge in [-0.05, 0) is 31.9 Å². The molecule has 0 fully saturated rings. The molecule has 1 aromatic carbocycles. The molecule has 5 nitrogen and oxygen atoms in total. The molecule has 0 radical (unpaired) electrons. The monoisotopic (exact) mass is 341 g/mol. The number of carboxylic acids is 1. The highest BCUT2D eigenvalue weighted by atomic mass is 32.1. The van der Waals surface area contributed by atoms with Crippen molar-refractivity contribution >= 4 is 28.9 Å². The number of rotatable bonds is 4. The SMILES string of the molecule is Cc1nc(-c2ccc(NC(=O)[C@H]3CC=CC[C@H]3C(=O)[O-])cc2)cs1. The van der Waals surface area contributed by atoms with Gasteiger partial charge in [0.05, 0.1) is 16.6 Å². The van der Waals surface area contributed by atoms with Gasteiger partial charge < -0.3 is 15.2 Å². The molecule has 24 heavy (non-hydrogen) atoms. The van der Waals surface area contributed by atoms with Crippen molar-refractivity contribution in [3.05, 3.63) is 46.8 Å². The Balaban J connectivity index is 1.70. The molecule has 1 aliphatic carbocycles. The molecule has 0 saturated carbocycles. The van der Waals surface area contributed by atoms with Crippen molar-refractivity contribution in [3.8, 4) is 11.3 Å². The smallest absolute Gasteiger partial charge is 0.228 e. The lowest BCUT2D eigenvalue weighted by atomic mass is 9.82. The molecular formula is C18H17N2O3S-. The van der Waals surface area contributed by atoms with E-state index in [1.54, 1.807) is 29.5 Å². The largest absolute Gasteiger partial charge is 0.550 e. The molecule has 1 aliphatic rings. The molecule has 0 aliphatic heterocycles. The Kier molecular flexibility index (Phi) is 4.76. The number of amides is 1. The van der Waals surface area contributed by atoms with Crippen LogP contribution in [0.15, 0.2) is 41.8 Å². The van der Waals surface area contributed by atoms with E-state index in [0.29, 0.717) is 18.5 Å². The van der Waals surface area contributed by atoms with Crippen LogP contribution >= 0.6 is 11.3 Å². The van der Waals surface area contributed by atoms with Crippen molar-refractivity contribution < 1.29 is 14.7 Å². The molecule has 2 atom stereocenters. The summed E-state index contributed by atoms with van der Waals surface area (Å²) in [5.41, 5.74) is 2.53. The minimum atomic E-state index is -1.17. The molecule has 1 N–H and O–H groups in total. The molecule has 0 bridgehead atoms. The second kappa shape index (κ2) is 6.97. The summed E-state index contributed by atoms with van der Waals surface area (Å²) in [6, 6.07) is 7.38. The summed E-state index contributed by atoms with van der Waals surface area (Å²) in [5, 5.41) is 17.0. The second-order valence-electron chi connectivity index (χ2n) is 5.79. The number of aryl methyl sites for hydroxylation is 1. The fraction of sp³-hybridized carbons (Fsp3) is 0.278. The number of hydrogen-bond donors (Lipinski definition) is 1. The Morgan fingerprint density at radius 1 is 1.17 bits per heavy atom. The molecule has 124 valence electrons. The van der Waals surface area contributed by atoms with Gasteiger partial charge >= 0.3 is 0 Å². The van der Waals surface area contributed by atoms with Crippen molar-refractivity contribution in [2.24, 2.45) is 11.8 Å². The lowest BCUT2D eigenvalue weighted by Gasteiger charge is -2.28. The Bertz CT molecular complexity index is 780. The molecule has 6 heteroatoms. The van der Waals surface area contributed by atoms with E-state index in [0.717, 1.165) is 16.3 Å². The summed E-state index contributed by atoms with van der Waals surface area (Å²) in [7, 11) is 0. The van der Waals surface area contributed by atoms with Crippen LogP contribution in [0.25, 0.3) is 11.3 Å². The number of hydrogen-bond acceptors (Lipinski definition) is 5. The summed E-state index contributed by atoms with van der Waals surface area (Å²) in [4.78, 5) is 28.0. The minimum absolute atomic E-state index is 0.286. The van der Waals surface area contributed by atoms with E-state index in [-0.39, 0.29) is 5.91 Å². The van der Waals surface area contributed by atoms with Crippen molar-refractivity contribution in [1.82, 2.24) is 4.98 Å². The van der Waals surface area contributed by atoms with Crippen LogP contribution in [0.2, 0.25) is 0 Å². The predicted octanol–water partition coefficient (Wildman–Crippen LogP) is 2.39. The van der Waals surface area contributed by atoms with E-state index in [2.05, 4.69) is 10.3 Å². The number of allylic oxidation sites excluding steroid dienone is 2. The van der Waals surface area contributed by atoms with E-state index in [1.165, 1.54) is 0 Å². The van der Waals surface area contributed by atoms with Gasteiger partial charge in [-0.2, -0.15) is 0 Å². The number of benzene rings is 1. The summed E-state index contributed by atoms with van der Waals surface area (Å²) in [6.07, 6.45) is 4.38. The number of anilines is 1. The maximum Gasteiger partial charge on any atom is 0.228 e. The van der Waals surface area contributed by atoms with Crippen LogP contribution in [0.5, 0.6) is 0 Å². The van der Waals surface area contributed by atoms with E-state index in [9.17, 15) is 14.7 Å². The molecule has 0 unspecified atom stereocenters. The van der Waals surface area contributed by atoms with Crippen LogP contribution in [0.1, 0.15) is 17.8 Å². The van der Waals surface area contributed by atoms with Crippen LogP contribution in [-0.2, 0) is 9.59 Å². The number of nitrogens with one attached hydrogen (secondary N) is 1. The molecule has 3 rings (SSSR count). The number of carbonyl (C=O) groups excluding carboxylic acids is 2. The normalized spacial score (nSPS) is 19.9. The van der Waals surface area contributed by atoms with Gasteiger partial charge in [-0.15, -0.1) is 11.3 Å². The van der Waals surface area contributed by atoms with Crippen molar-refractivity contribution in [2.45, 2.75) is 19.8 Å². The molecule has 0 saturated heterocycles. The van der Waals surface area contributed by atoms with Gasteiger partial charge in [-0.1, -0.05) is 24.3 Å². The summed E-state index contributed by atoms with van der Waals surface area (Å²) in [5.74, 6) is -2.83. The number of nitrogens with zero attached hydrogens (tertiary/aromatic N) is 1. The quantitative estimate of drug-likeness (QED) is 0.866. The van der Waals surface area contributed by atoms with Crippen LogP contribution in [0.3, 0.4) is 0 Å². The van der Waals surface area contributed by atoms with E-state index in [4.69, 9.17) is 0 Å². The Morgan fingerprint density at radius 2 is 1.83 bits per heavy atom. The van der Waals surface area contributed by atoms with Crippen LogP contribution < -0.4 is 10.4 Å². The first-order valence-electron chi connectivity index (χ1n) is 7.74. The summed E-state index contributed by atoms with van der Waals surface area (Å²) in [6.45, 7) is 1.95. The Morgan fingerprint density at radius 3 is 2.42 bits per heavy atom. The van der Waals surface area contributed by atoms with Gasteiger partial charge in [0.25, 0.3) is 0 Å². The van der Waals surface area contributed by atoms with Crippen molar-refractivity contribution in [2.75, 3.05) is 5.32 Å². The van der Waals surface area contributed by atoms with Gasteiger partial charge in [-0.3, -0.25) is 4.79 Å². The molecule has 1 aromatic heterocycles. The summed E-state index contributed by atoms with van der Waals surface area (Å²) >= 11 is 1.59. The average Bonchev–Trinajstić information content (AvgIpc) is 3.02. The maximum absolute atomic E-state index is 12.4. The van der Waals surface area contributed by atoms with Gasteiger partial charge in [0.15, 0.2) is 0 Å². The van der Waals surface area contributed by atoms with Gasteiger partial charge in [0.2, 0.25) is 5.91 Å². The first-order valence-corrected chi connectivity index (χ1v) is 8.62. The van der Waals surface area contributed by atoms with E-state index < -0.39 is 17.8 Å². The van der Waals surface area contributed by atoms with Gasteiger partial charge in [0.1, 0.15) is 0 Å². The highest BCUT2D eigenvalue weighted by molar-refractivity contribution is 7.09. The maximum atomic E-state index is 12.4. The fourth-order valence-electron chi connectivity index (χ4n) is 2.82. The molecule has 1 amide bonds. The fourth-order valence-corrected chi connectivity index (χ4v) is 3.44. The third-order valence-electron chi connectivity index (χ3n) is 4.14. The summed E-state index contributed by atoms with van der Waals surface area (Å²) < 4.78 is 0. The first-order chi connectivity index (χ1) is 11.5. The van der Waals surface area contributed by atoms with Crippen LogP contribution in [0.4, 0.5) is 5.69 Å². The second-order valence-corrected chi connectivity index (χ2v) is 6.86. The minimum Gasteiger partial charge on any atom is -0.550 e. The van der Waals surface area contributed by atoms with Crippen LogP contribution in [0, 0.1) is 18.8 Å². The Hall–Kier alpha value is -2.47. The lowest BCUT2D eigenvalue weighted by Crippen LogP contribution is -2.41. The number of carbonyl (C=O) groups is 2. The number of aromatic nitrogens is 1. The molecule has 0 spiro atoms. The average molecular weight is 341 g/mol. The zero-order valence-electron chi connectivity index (χ0n) is 13.2. The van der Waals surface area contributed by atoms with Gasteiger partial charge in [-0.25, -0.2) is 4.98 Å². The van der Waals surface area contributed by atoms with Gasteiger partial charge in [0, 0.05) is 28.5 Å².